The van der Waals surface area contributed by atoms with Crippen molar-refractivity contribution in [3.05, 3.63) is 35.4 Å². The number of unbranched alkanes of at least 4 members (excludes halogenated alkanes) is 2. The number of nitrogens with zero attached hydrogens (tertiary/aromatic N) is 1. The van der Waals surface area contributed by atoms with Crippen LogP contribution in [0.2, 0.25) is 0 Å². The monoisotopic (exact) mass is 375 g/mol. The minimum Gasteiger partial charge on any atom is -0.478 e. The predicted octanol–water partition coefficient (Wildman–Crippen LogP) is 4.03. The molecule has 0 saturated carbocycles. The van der Waals surface area contributed by atoms with E-state index in [2.05, 4.69) is 6.92 Å². The van der Waals surface area contributed by atoms with Crippen LogP contribution in [0.3, 0.4) is 0 Å². The Balaban J connectivity index is 1.85. The molecular weight excluding hydrogens is 342 g/mol. The van der Waals surface area contributed by atoms with Gasteiger partial charge in [-0.1, -0.05) is 38.3 Å². The SMILES string of the molecule is CCCCC[C@](C)(O)CCN1C(=O)CCC1CCc1ccc(C(=O)O)cc1. The first-order valence-corrected chi connectivity index (χ1v) is 10.2. The third-order valence-electron chi connectivity index (χ3n) is 5.63. The molecule has 2 N–H and O–H groups in total. The lowest BCUT2D eigenvalue weighted by atomic mass is 9.94. The minimum atomic E-state index is -0.917. The molecule has 5 heteroatoms. The first-order chi connectivity index (χ1) is 12.8. The molecule has 1 aromatic rings. The van der Waals surface area contributed by atoms with Crippen LogP contribution in [-0.2, 0) is 11.2 Å². The number of aryl methyl sites for hydroxylation is 1. The molecule has 0 spiro atoms. The van der Waals surface area contributed by atoms with Crippen LogP contribution in [0.15, 0.2) is 24.3 Å². The Labute approximate surface area is 162 Å². The van der Waals surface area contributed by atoms with Gasteiger partial charge in [-0.3, -0.25) is 4.79 Å². The van der Waals surface area contributed by atoms with Crippen molar-refractivity contribution in [3.63, 3.8) is 0 Å². The summed E-state index contributed by atoms with van der Waals surface area (Å²) in [6.45, 7) is 4.64. The number of hydrogen-bond acceptors (Lipinski definition) is 3. The summed E-state index contributed by atoms with van der Waals surface area (Å²) >= 11 is 0. The van der Waals surface area contributed by atoms with E-state index in [4.69, 9.17) is 5.11 Å². The Morgan fingerprint density at radius 1 is 1.22 bits per heavy atom. The van der Waals surface area contributed by atoms with E-state index in [-0.39, 0.29) is 11.9 Å². The summed E-state index contributed by atoms with van der Waals surface area (Å²) in [6, 6.07) is 7.17. The van der Waals surface area contributed by atoms with Crippen molar-refractivity contribution in [3.8, 4) is 0 Å². The first-order valence-electron chi connectivity index (χ1n) is 10.2. The molecule has 1 unspecified atom stereocenters. The van der Waals surface area contributed by atoms with E-state index < -0.39 is 11.6 Å². The number of carbonyl (C=O) groups excluding carboxylic acids is 1. The molecule has 5 nitrogen and oxygen atoms in total. The minimum absolute atomic E-state index is 0.186. The molecule has 1 aliphatic heterocycles. The Morgan fingerprint density at radius 2 is 1.93 bits per heavy atom. The highest BCUT2D eigenvalue weighted by Crippen LogP contribution is 2.26. The summed E-state index contributed by atoms with van der Waals surface area (Å²) in [4.78, 5) is 25.1. The summed E-state index contributed by atoms with van der Waals surface area (Å²) in [6.07, 6.45) is 7.82. The lowest BCUT2D eigenvalue weighted by molar-refractivity contribution is -0.129. The number of carboxylic acids is 1. The second-order valence-electron chi connectivity index (χ2n) is 8.02. The van der Waals surface area contributed by atoms with E-state index in [9.17, 15) is 14.7 Å². The number of aromatic carboxylic acids is 1. The fraction of sp³-hybridized carbons (Fsp3) is 0.636. The molecule has 1 fully saturated rings. The van der Waals surface area contributed by atoms with Gasteiger partial charge >= 0.3 is 5.97 Å². The van der Waals surface area contributed by atoms with Gasteiger partial charge in [-0.25, -0.2) is 4.79 Å². The zero-order valence-corrected chi connectivity index (χ0v) is 16.6. The summed E-state index contributed by atoms with van der Waals surface area (Å²) < 4.78 is 0. The van der Waals surface area contributed by atoms with Crippen molar-refractivity contribution in [1.29, 1.82) is 0 Å². The molecule has 2 rings (SSSR count). The summed E-state index contributed by atoms with van der Waals surface area (Å²) in [5, 5.41) is 19.5. The second kappa shape index (κ2) is 9.88. The molecule has 150 valence electrons. The van der Waals surface area contributed by atoms with Gasteiger partial charge < -0.3 is 15.1 Å². The fourth-order valence-electron chi connectivity index (χ4n) is 3.79. The smallest absolute Gasteiger partial charge is 0.335 e. The van der Waals surface area contributed by atoms with Crippen molar-refractivity contribution in [1.82, 2.24) is 4.90 Å². The van der Waals surface area contributed by atoms with Gasteiger partial charge in [0.2, 0.25) is 5.91 Å². The Bertz CT molecular complexity index is 624. The van der Waals surface area contributed by atoms with Crippen LogP contribution in [0, 0.1) is 0 Å². The third-order valence-corrected chi connectivity index (χ3v) is 5.63. The molecule has 1 saturated heterocycles. The average molecular weight is 376 g/mol. The number of amides is 1. The largest absolute Gasteiger partial charge is 0.478 e. The van der Waals surface area contributed by atoms with Crippen molar-refractivity contribution in [2.75, 3.05) is 6.54 Å². The lowest BCUT2D eigenvalue weighted by Crippen LogP contribution is -2.38. The van der Waals surface area contributed by atoms with Crippen LogP contribution in [0.5, 0.6) is 0 Å². The van der Waals surface area contributed by atoms with E-state index in [0.29, 0.717) is 24.9 Å². The van der Waals surface area contributed by atoms with Crippen LogP contribution in [0.25, 0.3) is 0 Å². The van der Waals surface area contributed by atoms with Crippen LogP contribution >= 0.6 is 0 Å². The average Bonchev–Trinajstić information content (AvgIpc) is 2.98. The predicted molar refractivity (Wildman–Crippen MR) is 106 cm³/mol. The maximum Gasteiger partial charge on any atom is 0.335 e. The summed E-state index contributed by atoms with van der Waals surface area (Å²) in [5.74, 6) is -0.731. The zero-order chi connectivity index (χ0) is 19.9. The van der Waals surface area contributed by atoms with Crippen molar-refractivity contribution in [2.45, 2.75) is 83.3 Å². The van der Waals surface area contributed by atoms with E-state index in [1.165, 1.54) is 0 Å². The van der Waals surface area contributed by atoms with Gasteiger partial charge in [-0.05, 0) is 56.7 Å². The molecule has 27 heavy (non-hydrogen) atoms. The Kier molecular flexibility index (Phi) is 7.84. The highest BCUT2D eigenvalue weighted by molar-refractivity contribution is 5.87. The molecule has 2 atom stereocenters. The molecule has 0 radical (unpaired) electrons. The number of rotatable bonds is 11. The highest BCUT2D eigenvalue weighted by Gasteiger charge is 2.32. The van der Waals surface area contributed by atoms with E-state index in [0.717, 1.165) is 50.5 Å². The van der Waals surface area contributed by atoms with Gasteiger partial charge in [0.25, 0.3) is 0 Å². The highest BCUT2D eigenvalue weighted by atomic mass is 16.4. The zero-order valence-electron chi connectivity index (χ0n) is 16.6. The van der Waals surface area contributed by atoms with Gasteiger partial charge in [0, 0.05) is 19.0 Å². The van der Waals surface area contributed by atoms with Crippen LogP contribution < -0.4 is 0 Å². The van der Waals surface area contributed by atoms with E-state index in [1.54, 1.807) is 12.1 Å². The summed E-state index contributed by atoms with van der Waals surface area (Å²) in [5.41, 5.74) is 0.669. The van der Waals surface area contributed by atoms with Gasteiger partial charge in [-0.2, -0.15) is 0 Å². The molecular formula is C22H33NO4. The number of benzene rings is 1. The Hall–Kier alpha value is -1.88. The molecule has 0 aliphatic carbocycles. The summed E-state index contributed by atoms with van der Waals surface area (Å²) in [7, 11) is 0. The number of carbonyl (C=O) groups is 2. The molecule has 0 aromatic heterocycles. The number of aliphatic hydroxyl groups is 1. The molecule has 1 heterocycles. The second-order valence-corrected chi connectivity index (χ2v) is 8.02. The first kappa shape index (κ1) is 21.4. The van der Waals surface area contributed by atoms with Gasteiger partial charge in [0.15, 0.2) is 0 Å². The van der Waals surface area contributed by atoms with Gasteiger partial charge in [0.05, 0.1) is 11.2 Å². The quantitative estimate of drug-likeness (QED) is 0.573. The van der Waals surface area contributed by atoms with Gasteiger partial charge in [0.1, 0.15) is 0 Å². The van der Waals surface area contributed by atoms with Crippen molar-refractivity contribution >= 4 is 11.9 Å². The number of carboxylic acid groups (broad SMARTS) is 1. The maximum atomic E-state index is 12.3. The molecule has 1 aliphatic rings. The normalized spacial score (nSPS) is 19.3. The van der Waals surface area contributed by atoms with Crippen LogP contribution in [-0.4, -0.2) is 45.2 Å². The van der Waals surface area contributed by atoms with E-state index >= 15 is 0 Å². The van der Waals surface area contributed by atoms with Crippen molar-refractivity contribution < 1.29 is 19.8 Å². The third kappa shape index (κ3) is 6.65. The fourth-order valence-corrected chi connectivity index (χ4v) is 3.79. The van der Waals surface area contributed by atoms with Gasteiger partial charge in [-0.15, -0.1) is 0 Å². The van der Waals surface area contributed by atoms with Crippen LogP contribution in [0.1, 0.15) is 81.1 Å². The van der Waals surface area contributed by atoms with Crippen LogP contribution in [0.4, 0.5) is 0 Å². The Morgan fingerprint density at radius 3 is 2.56 bits per heavy atom. The van der Waals surface area contributed by atoms with E-state index in [1.807, 2.05) is 24.0 Å². The maximum absolute atomic E-state index is 12.3. The lowest BCUT2D eigenvalue weighted by Gasteiger charge is -2.30. The van der Waals surface area contributed by atoms with Crippen molar-refractivity contribution in [2.24, 2.45) is 0 Å². The molecule has 1 amide bonds. The molecule has 0 bridgehead atoms. The number of likely N-dealkylation sites (tertiary alicyclic amines) is 1. The molecule has 1 aromatic carbocycles. The topological polar surface area (TPSA) is 77.8 Å². The number of hydrogen-bond donors (Lipinski definition) is 2. The standard InChI is InChI=1S/C22H33NO4/c1-3-4-5-14-22(2,27)15-16-23-19(12-13-20(23)24)11-8-17-6-9-18(10-7-17)21(25)26/h6-7,9-10,19,27H,3-5,8,11-16H2,1-2H3,(H,25,26)/t19?,22-/m0/s1.